The Morgan fingerprint density at radius 2 is 1.52 bits per heavy atom. The van der Waals surface area contributed by atoms with E-state index in [2.05, 4.69) is 0 Å². The molecule has 0 saturated carbocycles. The van der Waals surface area contributed by atoms with Crippen molar-refractivity contribution in [3.05, 3.63) is 82.2 Å². The number of benzene rings is 2. The van der Waals surface area contributed by atoms with Crippen molar-refractivity contribution in [2.24, 2.45) is 0 Å². The van der Waals surface area contributed by atoms with E-state index < -0.39 is 0 Å². The highest BCUT2D eigenvalue weighted by molar-refractivity contribution is 7.19. The molecule has 4 aromatic rings. The first-order chi connectivity index (χ1) is 11.2. The lowest BCUT2D eigenvalue weighted by molar-refractivity contribution is 0.561. The average Bonchev–Trinajstić information content (AvgIpc) is 3.04. The van der Waals surface area contributed by atoms with E-state index in [0.29, 0.717) is 5.58 Å². The largest absolute Gasteiger partial charge is 0.423 e. The molecular formula is C19H11ClO2S. The van der Waals surface area contributed by atoms with Gasteiger partial charge in [-0.2, -0.15) is 0 Å². The molecule has 0 spiro atoms. The predicted octanol–water partition coefficient (Wildman–Crippen LogP) is 5.84. The van der Waals surface area contributed by atoms with Crippen molar-refractivity contribution >= 4 is 33.9 Å². The minimum atomic E-state index is -0.341. The molecule has 23 heavy (non-hydrogen) atoms. The van der Waals surface area contributed by atoms with Gasteiger partial charge in [0, 0.05) is 37.4 Å². The molecule has 0 atom stereocenters. The summed E-state index contributed by atoms with van der Waals surface area (Å²) >= 11 is 7.89. The standard InChI is InChI=1S/C19H11ClO2S/c20-15-7-3-1-6-13(15)17-9-10-18(23-17)14-11-19(21)22-16-8-4-2-5-12(14)16/h1-11H. The van der Waals surface area contributed by atoms with Gasteiger partial charge in [-0.3, -0.25) is 0 Å². The summed E-state index contributed by atoms with van der Waals surface area (Å²) < 4.78 is 5.26. The van der Waals surface area contributed by atoms with Gasteiger partial charge in [0.1, 0.15) is 5.58 Å². The predicted molar refractivity (Wildman–Crippen MR) is 96.2 cm³/mol. The van der Waals surface area contributed by atoms with Crippen molar-refractivity contribution in [3.63, 3.8) is 0 Å². The number of rotatable bonds is 2. The lowest BCUT2D eigenvalue weighted by Crippen LogP contribution is -1.97. The molecule has 4 rings (SSSR count). The molecular weight excluding hydrogens is 328 g/mol. The van der Waals surface area contributed by atoms with Gasteiger partial charge in [-0.05, 0) is 24.3 Å². The van der Waals surface area contributed by atoms with Gasteiger partial charge in [0.15, 0.2) is 0 Å². The van der Waals surface area contributed by atoms with Crippen LogP contribution < -0.4 is 5.63 Å². The molecule has 2 aromatic heterocycles. The fourth-order valence-corrected chi connectivity index (χ4v) is 3.97. The highest BCUT2D eigenvalue weighted by atomic mass is 35.5. The van der Waals surface area contributed by atoms with Crippen LogP contribution in [0.5, 0.6) is 0 Å². The number of hydrogen-bond acceptors (Lipinski definition) is 3. The van der Waals surface area contributed by atoms with E-state index in [9.17, 15) is 4.79 Å². The van der Waals surface area contributed by atoms with Gasteiger partial charge in [-0.1, -0.05) is 48.0 Å². The molecule has 0 aliphatic carbocycles. The van der Waals surface area contributed by atoms with Gasteiger partial charge >= 0.3 is 5.63 Å². The van der Waals surface area contributed by atoms with Crippen LogP contribution in [-0.4, -0.2) is 0 Å². The van der Waals surface area contributed by atoms with Crippen LogP contribution in [0.1, 0.15) is 0 Å². The quantitative estimate of drug-likeness (QED) is 0.430. The third kappa shape index (κ3) is 2.58. The number of halogens is 1. The first-order valence-corrected chi connectivity index (χ1v) is 8.30. The zero-order valence-electron chi connectivity index (χ0n) is 12.0. The molecule has 0 unspecified atom stereocenters. The Kier molecular flexibility index (Phi) is 3.52. The molecule has 0 radical (unpaired) electrons. The minimum absolute atomic E-state index is 0.341. The van der Waals surface area contributed by atoms with E-state index >= 15 is 0 Å². The van der Waals surface area contributed by atoms with Crippen molar-refractivity contribution in [2.75, 3.05) is 0 Å². The highest BCUT2D eigenvalue weighted by Gasteiger charge is 2.11. The monoisotopic (exact) mass is 338 g/mol. The first kappa shape index (κ1) is 14.2. The number of fused-ring (bicyclic) bond motifs is 1. The summed E-state index contributed by atoms with van der Waals surface area (Å²) in [6.07, 6.45) is 0. The molecule has 112 valence electrons. The van der Waals surface area contributed by atoms with Gasteiger partial charge in [0.2, 0.25) is 0 Å². The minimum Gasteiger partial charge on any atom is -0.423 e. The van der Waals surface area contributed by atoms with Crippen LogP contribution in [-0.2, 0) is 0 Å². The summed E-state index contributed by atoms with van der Waals surface area (Å²) in [6.45, 7) is 0. The van der Waals surface area contributed by atoms with Crippen molar-refractivity contribution in [1.82, 2.24) is 0 Å². The Morgan fingerprint density at radius 3 is 2.35 bits per heavy atom. The summed E-state index contributed by atoms with van der Waals surface area (Å²) in [5, 5.41) is 1.65. The van der Waals surface area contributed by atoms with E-state index in [1.807, 2.05) is 60.7 Å². The molecule has 0 aliphatic rings. The average molecular weight is 339 g/mol. The number of hydrogen-bond donors (Lipinski definition) is 0. The fourth-order valence-electron chi connectivity index (χ4n) is 2.60. The normalized spacial score (nSPS) is 11.0. The summed E-state index contributed by atoms with van der Waals surface area (Å²) in [7, 11) is 0. The second kappa shape index (κ2) is 5.69. The maximum Gasteiger partial charge on any atom is 0.336 e. The van der Waals surface area contributed by atoms with E-state index in [4.69, 9.17) is 16.0 Å². The van der Waals surface area contributed by atoms with E-state index in [0.717, 1.165) is 31.3 Å². The van der Waals surface area contributed by atoms with Crippen molar-refractivity contribution in [3.8, 4) is 20.9 Å². The van der Waals surface area contributed by atoms with Crippen LogP contribution in [0.4, 0.5) is 0 Å². The van der Waals surface area contributed by atoms with E-state index in [1.54, 1.807) is 17.4 Å². The Hall–Kier alpha value is -2.36. The first-order valence-electron chi connectivity index (χ1n) is 7.10. The lowest BCUT2D eigenvalue weighted by Gasteiger charge is -2.03. The Bertz CT molecular complexity index is 1060. The van der Waals surface area contributed by atoms with Gasteiger partial charge in [-0.15, -0.1) is 11.3 Å². The van der Waals surface area contributed by atoms with Crippen molar-refractivity contribution in [1.29, 1.82) is 0 Å². The fraction of sp³-hybridized carbons (Fsp3) is 0. The molecule has 0 bridgehead atoms. The van der Waals surface area contributed by atoms with E-state index in [-0.39, 0.29) is 5.63 Å². The van der Waals surface area contributed by atoms with Gasteiger partial charge in [0.25, 0.3) is 0 Å². The summed E-state index contributed by atoms with van der Waals surface area (Å²) in [6, 6.07) is 20.9. The second-order valence-corrected chi connectivity index (χ2v) is 6.61. The molecule has 0 N–H and O–H groups in total. The molecule has 0 aliphatic heterocycles. The smallest absolute Gasteiger partial charge is 0.336 e. The Balaban J connectivity index is 1.90. The summed E-state index contributed by atoms with van der Waals surface area (Å²) in [5.74, 6) is 0. The van der Waals surface area contributed by atoms with Crippen LogP contribution in [0.3, 0.4) is 0 Å². The zero-order valence-corrected chi connectivity index (χ0v) is 13.5. The number of thiophene rings is 1. The van der Waals surface area contributed by atoms with Gasteiger partial charge < -0.3 is 4.42 Å². The SMILES string of the molecule is O=c1cc(-c2ccc(-c3ccccc3Cl)s2)c2ccccc2o1. The molecule has 2 heterocycles. The Morgan fingerprint density at radius 1 is 0.826 bits per heavy atom. The second-order valence-electron chi connectivity index (χ2n) is 5.12. The van der Waals surface area contributed by atoms with Gasteiger partial charge in [0.05, 0.1) is 0 Å². The molecule has 2 aromatic carbocycles. The Labute approximate surface area is 141 Å². The third-order valence-electron chi connectivity index (χ3n) is 3.66. The molecule has 0 fully saturated rings. The summed E-state index contributed by atoms with van der Waals surface area (Å²) in [5.41, 5.74) is 2.15. The van der Waals surface area contributed by atoms with Crippen LogP contribution in [0, 0.1) is 0 Å². The lowest BCUT2D eigenvalue weighted by atomic mass is 10.1. The van der Waals surface area contributed by atoms with Crippen LogP contribution in [0.2, 0.25) is 5.02 Å². The molecule has 0 saturated heterocycles. The molecule has 0 amide bonds. The van der Waals surface area contributed by atoms with Crippen LogP contribution >= 0.6 is 22.9 Å². The topological polar surface area (TPSA) is 30.2 Å². The highest BCUT2D eigenvalue weighted by Crippen LogP contribution is 2.39. The number of para-hydroxylation sites is 1. The summed E-state index contributed by atoms with van der Waals surface area (Å²) in [4.78, 5) is 13.9. The van der Waals surface area contributed by atoms with Gasteiger partial charge in [-0.25, -0.2) is 4.79 Å². The van der Waals surface area contributed by atoms with E-state index in [1.165, 1.54) is 0 Å². The van der Waals surface area contributed by atoms with Crippen LogP contribution in [0.25, 0.3) is 31.9 Å². The maximum absolute atomic E-state index is 11.8. The molecule has 4 heteroatoms. The van der Waals surface area contributed by atoms with Crippen LogP contribution in [0.15, 0.2) is 75.9 Å². The zero-order chi connectivity index (χ0) is 15.8. The molecule has 2 nitrogen and oxygen atoms in total. The maximum atomic E-state index is 11.8. The van der Waals surface area contributed by atoms with Crippen molar-refractivity contribution < 1.29 is 4.42 Å². The van der Waals surface area contributed by atoms with Crippen molar-refractivity contribution in [2.45, 2.75) is 0 Å². The third-order valence-corrected chi connectivity index (χ3v) is 5.14.